The SMILES string of the molecule is O=C(NCC(F)(F)F)Nc1cccc([N+](=O)[O-])c1. The number of rotatable bonds is 3. The highest BCUT2D eigenvalue weighted by Crippen LogP contribution is 2.17. The van der Waals surface area contributed by atoms with Crippen LogP contribution >= 0.6 is 0 Å². The van der Waals surface area contributed by atoms with Crippen molar-refractivity contribution in [2.45, 2.75) is 6.18 Å². The fourth-order valence-electron chi connectivity index (χ4n) is 1.05. The van der Waals surface area contributed by atoms with Gasteiger partial charge in [0.25, 0.3) is 5.69 Å². The zero-order valence-corrected chi connectivity index (χ0v) is 8.82. The predicted molar refractivity (Wildman–Crippen MR) is 56.2 cm³/mol. The summed E-state index contributed by atoms with van der Waals surface area (Å²) in [7, 11) is 0. The maximum absolute atomic E-state index is 11.8. The molecule has 18 heavy (non-hydrogen) atoms. The van der Waals surface area contributed by atoms with Crippen LogP contribution < -0.4 is 10.6 Å². The average molecular weight is 263 g/mol. The number of alkyl halides is 3. The second-order valence-corrected chi connectivity index (χ2v) is 3.23. The van der Waals surface area contributed by atoms with Crippen molar-refractivity contribution in [1.29, 1.82) is 0 Å². The van der Waals surface area contributed by atoms with E-state index in [0.29, 0.717) is 0 Å². The van der Waals surface area contributed by atoms with Gasteiger partial charge in [-0.3, -0.25) is 10.1 Å². The molecular weight excluding hydrogens is 255 g/mol. The Kier molecular flexibility index (Phi) is 4.08. The maximum atomic E-state index is 11.8. The summed E-state index contributed by atoms with van der Waals surface area (Å²) < 4.78 is 35.4. The number of benzene rings is 1. The van der Waals surface area contributed by atoms with Gasteiger partial charge in [0.05, 0.1) is 4.92 Å². The topological polar surface area (TPSA) is 84.3 Å². The van der Waals surface area contributed by atoms with Crippen molar-refractivity contribution in [3.8, 4) is 0 Å². The van der Waals surface area contributed by atoms with Gasteiger partial charge in [0.1, 0.15) is 6.54 Å². The Labute approximate surface area is 98.9 Å². The van der Waals surface area contributed by atoms with Crippen molar-refractivity contribution in [1.82, 2.24) is 5.32 Å². The van der Waals surface area contributed by atoms with E-state index in [-0.39, 0.29) is 11.4 Å². The van der Waals surface area contributed by atoms with Gasteiger partial charge in [0.2, 0.25) is 0 Å². The molecule has 0 radical (unpaired) electrons. The Balaban J connectivity index is 2.59. The van der Waals surface area contributed by atoms with Gasteiger partial charge in [0.15, 0.2) is 0 Å². The van der Waals surface area contributed by atoms with Crippen LogP contribution in [-0.2, 0) is 0 Å². The highest BCUT2D eigenvalue weighted by molar-refractivity contribution is 5.89. The molecule has 2 N–H and O–H groups in total. The zero-order chi connectivity index (χ0) is 13.8. The standard InChI is InChI=1S/C9H8F3N3O3/c10-9(11,12)5-13-8(16)14-6-2-1-3-7(4-6)15(17)18/h1-4H,5H2,(H2,13,14,16). The highest BCUT2D eigenvalue weighted by atomic mass is 19.4. The van der Waals surface area contributed by atoms with E-state index in [1.165, 1.54) is 18.2 Å². The van der Waals surface area contributed by atoms with Crippen LogP contribution in [0.4, 0.5) is 29.3 Å². The number of halogens is 3. The molecule has 6 nitrogen and oxygen atoms in total. The number of amides is 2. The fourth-order valence-corrected chi connectivity index (χ4v) is 1.05. The molecule has 2 amide bonds. The number of non-ortho nitro benzene ring substituents is 1. The number of anilines is 1. The monoisotopic (exact) mass is 263 g/mol. The molecule has 0 saturated heterocycles. The Morgan fingerprint density at radius 2 is 2.06 bits per heavy atom. The molecule has 0 spiro atoms. The number of carbonyl (C=O) groups excluding carboxylic acids is 1. The summed E-state index contributed by atoms with van der Waals surface area (Å²) in [6, 6.07) is 3.76. The summed E-state index contributed by atoms with van der Waals surface area (Å²) in [5.41, 5.74) is -0.243. The Bertz CT molecular complexity index is 462. The molecule has 9 heteroatoms. The minimum atomic E-state index is -4.51. The number of hydrogen-bond acceptors (Lipinski definition) is 3. The summed E-state index contributed by atoms with van der Waals surface area (Å²) in [5.74, 6) is 0. The third kappa shape index (κ3) is 4.68. The van der Waals surface area contributed by atoms with E-state index in [0.717, 1.165) is 6.07 Å². The highest BCUT2D eigenvalue weighted by Gasteiger charge is 2.27. The van der Waals surface area contributed by atoms with E-state index in [2.05, 4.69) is 5.32 Å². The van der Waals surface area contributed by atoms with Gasteiger partial charge in [0, 0.05) is 17.8 Å². The van der Waals surface area contributed by atoms with Crippen LogP contribution in [0.15, 0.2) is 24.3 Å². The lowest BCUT2D eigenvalue weighted by Crippen LogP contribution is -2.36. The number of nitrogens with zero attached hydrogens (tertiary/aromatic N) is 1. The van der Waals surface area contributed by atoms with Crippen LogP contribution in [-0.4, -0.2) is 23.7 Å². The Hall–Kier alpha value is -2.32. The molecule has 0 unspecified atom stereocenters. The zero-order valence-electron chi connectivity index (χ0n) is 8.82. The smallest absolute Gasteiger partial charge is 0.329 e. The number of carbonyl (C=O) groups is 1. The van der Waals surface area contributed by atoms with Gasteiger partial charge in [-0.05, 0) is 6.07 Å². The molecule has 1 aromatic carbocycles. The summed E-state index contributed by atoms with van der Waals surface area (Å²) in [6.45, 7) is -1.48. The van der Waals surface area contributed by atoms with Crippen LogP contribution in [0.5, 0.6) is 0 Å². The predicted octanol–water partition coefficient (Wildman–Crippen LogP) is 2.28. The summed E-state index contributed by atoms with van der Waals surface area (Å²) >= 11 is 0. The number of urea groups is 1. The summed E-state index contributed by atoms with van der Waals surface area (Å²) in [6.07, 6.45) is -4.51. The summed E-state index contributed by atoms with van der Waals surface area (Å²) in [5, 5.41) is 14.1. The first-order valence-electron chi connectivity index (χ1n) is 4.64. The molecular formula is C9H8F3N3O3. The quantitative estimate of drug-likeness (QED) is 0.648. The minimum absolute atomic E-state index is 0.0314. The third-order valence-electron chi connectivity index (χ3n) is 1.76. The number of nitro groups is 1. The van der Waals surface area contributed by atoms with Gasteiger partial charge < -0.3 is 10.6 Å². The molecule has 0 aliphatic carbocycles. The first kappa shape index (κ1) is 13.7. The van der Waals surface area contributed by atoms with E-state index < -0.39 is 23.7 Å². The van der Waals surface area contributed by atoms with Crippen molar-refractivity contribution in [2.75, 3.05) is 11.9 Å². The first-order chi connectivity index (χ1) is 8.28. The van der Waals surface area contributed by atoms with Crippen LogP contribution in [0.3, 0.4) is 0 Å². The van der Waals surface area contributed by atoms with Gasteiger partial charge in [-0.15, -0.1) is 0 Å². The van der Waals surface area contributed by atoms with Crippen LogP contribution in [0.25, 0.3) is 0 Å². The lowest BCUT2D eigenvalue weighted by Gasteiger charge is -2.09. The molecule has 0 heterocycles. The van der Waals surface area contributed by atoms with Gasteiger partial charge in [-0.2, -0.15) is 13.2 Å². The first-order valence-corrected chi connectivity index (χ1v) is 4.64. The van der Waals surface area contributed by atoms with Crippen molar-refractivity contribution in [2.24, 2.45) is 0 Å². The maximum Gasteiger partial charge on any atom is 0.405 e. The lowest BCUT2D eigenvalue weighted by atomic mass is 10.3. The van der Waals surface area contributed by atoms with Crippen molar-refractivity contribution >= 4 is 17.4 Å². The molecule has 1 rings (SSSR count). The normalized spacial score (nSPS) is 10.8. The molecule has 0 aromatic heterocycles. The molecule has 0 bridgehead atoms. The number of hydrogen-bond donors (Lipinski definition) is 2. The second-order valence-electron chi connectivity index (χ2n) is 3.23. The molecule has 1 aromatic rings. The molecule has 0 saturated carbocycles. The van der Waals surface area contributed by atoms with Gasteiger partial charge >= 0.3 is 12.2 Å². The van der Waals surface area contributed by atoms with E-state index in [9.17, 15) is 28.1 Å². The second kappa shape index (κ2) is 5.34. The van der Waals surface area contributed by atoms with Crippen LogP contribution in [0.2, 0.25) is 0 Å². The average Bonchev–Trinajstić information content (AvgIpc) is 2.26. The molecule has 0 fully saturated rings. The molecule has 0 atom stereocenters. The summed E-state index contributed by atoms with van der Waals surface area (Å²) in [4.78, 5) is 20.8. The number of nitrogens with one attached hydrogen (secondary N) is 2. The third-order valence-corrected chi connectivity index (χ3v) is 1.76. The Morgan fingerprint density at radius 3 is 2.61 bits per heavy atom. The number of nitro benzene ring substituents is 1. The molecule has 98 valence electrons. The largest absolute Gasteiger partial charge is 0.405 e. The van der Waals surface area contributed by atoms with Crippen LogP contribution in [0.1, 0.15) is 0 Å². The van der Waals surface area contributed by atoms with Crippen molar-refractivity contribution in [3.63, 3.8) is 0 Å². The fraction of sp³-hybridized carbons (Fsp3) is 0.222. The molecule has 0 aliphatic heterocycles. The van der Waals surface area contributed by atoms with E-state index in [4.69, 9.17) is 0 Å². The van der Waals surface area contributed by atoms with Gasteiger partial charge in [-0.1, -0.05) is 6.07 Å². The van der Waals surface area contributed by atoms with Crippen LogP contribution in [0, 0.1) is 10.1 Å². The molecule has 0 aliphatic rings. The van der Waals surface area contributed by atoms with Gasteiger partial charge in [-0.25, -0.2) is 4.79 Å². The van der Waals surface area contributed by atoms with E-state index in [1.807, 2.05) is 0 Å². The van der Waals surface area contributed by atoms with Crippen molar-refractivity contribution < 1.29 is 22.9 Å². The Morgan fingerprint density at radius 1 is 1.39 bits per heavy atom. The van der Waals surface area contributed by atoms with E-state index >= 15 is 0 Å². The lowest BCUT2D eigenvalue weighted by molar-refractivity contribution is -0.384. The van der Waals surface area contributed by atoms with E-state index in [1.54, 1.807) is 5.32 Å². The minimum Gasteiger partial charge on any atom is -0.329 e. The van der Waals surface area contributed by atoms with Crippen molar-refractivity contribution in [3.05, 3.63) is 34.4 Å².